The summed E-state index contributed by atoms with van der Waals surface area (Å²) in [4.78, 5) is 5.33. The Balaban J connectivity index is 0.00000102. The normalized spacial score (nSPS) is 11.9. The van der Waals surface area contributed by atoms with Crippen molar-refractivity contribution in [3.8, 4) is 11.1 Å². The standard InChI is InChI=1S/C19H17N3O2S.C2H6/c1-12-11-22(25(23)16-7-5-4-6-8-16)19-17(12)9-15(10-20-19)18-13(2)21-24-14(18)3;1-2/h4-11H,1-3H3;1-2H3. The lowest BCUT2D eigenvalue weighted by Crippen LogP contribution is -2.04. The number of fused-ring (bicyclic) bond motifs is 1. The van der Waals surface area contributed by atoms with Gasteiger partial charge in [-0.25, -0.2) is 13.2 Å². The summed E-state index contributed by atoms with van der Waals surface area (Å²) in [6, 6.07) is 11.4. The molecule has 0 aliphatic heterocycles. The van der Waals surface area contributed by atoms with Crippen LogP contribution in [-0.4, -0.2) is 18.3 Å². The van der Waals surface area contributed by atoms with Crippen LogP contribution in [0.5, 0.6) is 0 Å². The van der Waals surface area contributed by atoms with Crippen LogP contribution in [0, 0.1) is 20.8 Å². The van der Waals surface area contributed by atoms with Crippen LogP contribution < -0.4 is 0 Å². The Kier molecular flexibility index (Phi) is 5.56. The molecule has 4 aromatic rings. The minimum absolute atomic E-state index is 0.704. The molecule has 0 bridgehead atoms. The van der Waals surface area contributed by atoms with E-state index < -0.39 is 11.0 Å². The van der Waals surface area contributed by atoms with Gasteiger partial charge in [0.05, 0.1) is 10.6 Å². The molecule has 3 aromatic heterocycles. The SMILES string of the molecule is CC.Cc1noc(C)c1-c1cnc2c(c1)c(C)cn2S(=O)c1ccccc1. The van der Waals surface area contributed by atoms with Crippen LogP contribution >= 0.6 is 0 Å². The lowest BCUT2D eigenvalue weighted by molar-refractivity contribution is 0.393. The van der Waals surface area contributed by atoms with E-state index in [-0.39, 0.29) is 0 Å². The van der Waals surface area contributed by atoms with Gasteiger partial charge in [-0.15, -0.1) is 0 Å². The summed E-state index contributed by atoms with van der Waals surface area (Å²) < 4.78 is 19.9. The van der Waals surface area contributed by atoms with E-state index in [2.05, 4.69) is 16.2 Å². The second kappa shape index (κ2) is 7.88. The van der Waals surface area contributed by atoms with Crippen LogP contribution in [0.1, 0.15) is 30.9 Å². The molecule has 0 saturated carbocycles. The molecule has 5 nitrogen and oxygen atoms in total. The molecule has 0 fully saturated rings. The maximum Gasteiger partial charge on any atom is 0.158 e. The maximum atomic E-state index is 12.9. The van der Waals surface area contributed by atoms with Crippen molar-refractivity contribution in [2.24, 2.45) is 0 Å². The fourth-order valence-corrected chi connectivity index (χ4v) is 4.21. The van der Waals surface area contributed by atoms with Gasteiger partial charge in [0.1, 0.15) is 5.76 Å². The van der Waals surface area contributed by atoms with E-state index in [9.17, 15) is 4.21 Å². The smallest absolute Gasteiger partial charge is 0.158 e. The molecule has 140 valence electrons. The molecule has 3 heterocycles. The predicted molar refractivity (Wildman–Crippen MR) is 109 cm³/mol. The highest BCUT2D eigenvalue weighted by atomic mass is 32.2. The average Bonchev–Trinajstić information content (AvgIpc) is 3.22. The summed E-state index contributed by atoms with van der Waals surface area (Å²) in [6.07, 6.45) is 3.67. The van der Waals surface area contributed by atoms with E-state index in [0.29, 0.717) is 5.65 Å². The van der Waals surface area contributed by atoms with E-state index in [1.807, 2.05) is 71.1 Å². The first kappa shape index (κ1) is 19.0. The molecule has 27 heavy (non-hydrogen) atoms. The summed E-state index contributed by atoms with van der Waals surface area (Å²) in [5.41, 5.74) is 4.49. The topological polar surface area (TPSA) is 60.9 Å². The van der Waals surface area contributed by atoms with E-state index in [4.69, 9.17) is 4.52 Å². The molecule has 0 aliphatic carbocycles. The zero-order valence-corrected chi connectivity index (χ0v) is 17.0. The molecule has 0 aliphatic rings. The number of hydrogen-bond acceptors (Lipinski definition) is 4. The van der Waals surface area contributed by atoms with Crippen molar-refractivity contribution in [3.63, 3.8) is 0 Å². The van der Waals surface area contributed by atoms with Crippen molar-refractivity contribution in [3.05, 3.63) is 65.8 Å². The minimum atomic E-state index is -1.33. The van der Waals surface area contributed by atoms with Crippen LogP contribution in [0.3, 0.4) is 0 Å². The zero-order chi connectivity index (χ0) is 19.6. The number of hydrogen-bond donors (Lipinski definition) is 0. The fraction of sp³-hybridized carbons (Fsp3) is 0.238. The highest BCUT2D eigenvalue weighted by Gasteiger charge is 2.17. The lowest BCUT2D eigenvalue weighted by Gasteiger charge is -2.05. The van der Waals surface area contributed by atoms with Gasteiger partial charge in [0.15, 0.2) is 16.6 Å². The molecule has 1 atom stereocenters. The molecule has 0 N–H and O–H groups in total. The van der Waals surface area contributed by atoms with Crippen LogP contribution in [0.4, 0.5) is 0 Å². The highest BCUT2D eigenvalue weighted by Crippen LogP contribution is 2.30. The van der Waals surface area contributed by atoms with Crippen molar-refractivity contribution < 1.29 is 8.73 Å². The van der Waals surface area contributed by atoms with Gasteiger partial charge in [-0.2, -0.15) is 0 Å². The van der Waals surface area contributed by atoms with Gasteiger partial charge in [-0.1, -0.05) is 37.2 Å². The van der Waals surface area contributed by atoms with E-state index >= 15 is 0 Å². The maximum absolute atomic E-state index is 12.9. The Morgan fingerprint density at radius 1 is 1.07 bits per heavy atom. The van der Waals surface area contributed by atoms with Gasteiger partial charge in [0, 0.05) is 28.9 Å². The van der Waals surface area contributed by atoms with Gasteiger partial charge in [-0.05, 0) is 44.5 Å². The zero-order valence-electron chi connectivity index (χ0n) is 16.2. The van der Waals surface area contributed by atoms with Crippen molar-refractivity contribution in [2.45, 2.75) is 39.5 Å². The molecule has 1 aromatic carbocycles. The third-order valence-electron chi connectivity index (χ3n) is 4.26. The first-order chi connectivity index (χ1) is 13.1. The molecule has 0 spiro atoms. The van der Waals surface area contributed by atoms with Crippen molar-refractivity contribution in [1.29, 1.82) is 0 Å². The Bertz CT molecular complexity index is 1080. The monoisotopic (exact) mass is 381 g/mol. The second-order valence-corrected chi connectivity index (χ2v) is 7.36. The summed E-state index contributed by atoms with van der Waals surface area (Å²) in [6.45, 7) is 9.81. The predicted octanol–water partition coefficient (Wildman–Crippen LogP) is 5.21. The largest absolute Gasteiger partial charge is 0.361 e. The first-order valence-electron chi connectivity index (χ1n) is 8.94. The van der Waals surface area contributed by atoms with Crippen molar-refractivity contribution >= 4 is 22.0 Å². The summed E-state index contributed by atoms with van der Waals surface area (Å²) in [7, 11) is -1.33. The number of benzene rings is 1. The van der Waals surface area contributed by atoms with Crippen LogP contribution in [0.25, 0.3) is 22.2 Å². The Morgan fingerprint density at radius 2 is 1.78 bits per heavy atom. The molecule has 4 rings (SSSR count). The number of nitrogens with zero attached hydrogens (tertiary/aromatic N) is 3. The number of aromatic nitrogens is 3. The van der Waals surface area contributed by atoms with Gasteiger partial charge in [0.25, 0.3) is 0 Å². The minimum Gasteiger partial charge on any atom is -0.361 e. The number of aryl methyl sites for hydroxylation is 3. The number of pyridine rings is 1. The molecule has 0 radical (unpaired) electrons. The van der Waals surface area contributed by atoms with Crippen molar-refractivity contribution in [1.82, 2.24) is 14.1 Å². The molecule has 0 saturated heterocycles. The van der Waals surface area contributed by atoms with E-state index in [1.165, 1.54) is 0 Å². The number of rotatable bonds is 3. The van der Waals surface area contributed by atoms with Gasteiger partial charge < -0.3 is 4.52 Å². The molecule has 6 heteroatoms. The molecular weight excluding hydrogens is 358 g/mol. The van der Waals surface area contributed by atoms with Crippen molar-refractivity contribution in [2.75, 3.05) is 0 Å². The molecular formula is C21H23N3O2S. The van der Waals surface area contributed by atoms with Gasteiger partial charge >= 0.3 is 0 Å². The Morgan fingerprint density at radius 3 is 2.41 bits per heavy atom. The van der Waals surface area contributed by atoms with Crippen LogP contribution in [0.15, 0.2) is 58.2 Å². The quantitative estimate of drug-likeness (QED) is 0.488. The summed E-state index contributed by atoms with van der Waals surface area (Å²) >= 11 is 0. The fourth-order valence-electron chi connectivity index (χ4n) is 3.04. The van der Waals surface area contributed by atoms with Crippen LogP contribution in [-0.2, 0) is 11.0 Å². The Labute approximate surface area is 161 Å². The Hall–Kier alpha value is -2.73. The van der Waals surface area contributed by atoms with E-state index in [0.717, 1.165) is 38.4 Å². The van der Waals surface area contributed by atoms with Gasteiger partial charge in [-0.3, -0.25) is 0 Å². The third kappa shape index (κ3) is 3.45. The summed E-state index contributed by atoms with van der Waals surface area (Å²) in [5.74, 6) is 0.767. The van der Waals surface area contributed by atoms with Crippen LogP contribution in [0.2, 0.25) is 0 Å². The average molecular weight is 382 g/mol. The lowest BCUT2D eigenvalue weighted by atomic mass is 10.0. The summed E-state index contributed by atoms with van der Waals surface area (Å²) in [5, 5.41) is 4.99. The molecule has 1 unspecified atom stereocenters. The molecule has 0 amide bonds. The highest BCUT2D eigenvalue weighted by molar-refractivity contribution is 7.83. The van der Waals surface area contributed by atoms with E-state index in [1.54, 1.807) is 10.2 Å². The van der Waals surface area contributed by atoms with Gasteiger partial charge in [0.2, 0.25) is 0 Å². The second-order valence-electron chi connectivity index (χ2n) is 5.99. The first-order valence-corrected chi connectivity index (χ1v) is 10.0. The third-order valence-corrected chi connectivity index (χ3v) is 5.57.